The average Bonchev–Trinajstić information content (AvgIpc) is 2.93. The van der Waals surface area contributed by atoms with Gasteiger partial charge >= 0.3 is 0 Å². The predicted octanol–water partition coefficient (Wildman–Crippen LogP) is 3.43. The van der Waals surface area contributed by atoms with Crippen LogP contribution in [0.15, 0.2) is 61.4 Å². The largest absolute Gasteiger partial charge is 0.323 e. The maximum Gasteiger partial charge on any atom is 0.247 e. The molecule has 0 saturated carbocycles. The third-order valence-corrected chi connectivity index (χ3v) is 3.29. The molecule has 1 aromatic carbocycles. The van der Waals surface area contributed by atoms with Crippen LogP contribution in [0.4, 0.5) is 5.69 Å². The summed E-state index contributed by atoms with van der Waals surface area (Å²) in [5, 5.41) is 2.76. The Bertz CT molecular complexity index is 833. The van der Waals surface area contributed by atoms with E-state index in [9.17, 15) is 4.79 Å². The molecule has 0 bridgehead atoms. The van der Waals surface area contributed by atoms with Crippen molar-refractivity contribution < 1.29 is 4.79 Å². The number of benzene rings is 1. The molecule has 0 saturated heterocycles. The van der Waals surface area contributed by atoms with Crippen molar-refractivity contribution >= 4 is 17.2 Å². The second-order valence-electron chi connectivity index (χ2n) is 4.82. The van der Waals surface area contributed by atoms with E-state index in [0.717, 1.165) is 28.2 Å². The monoisotopic (exact) mass is 277 g/mol. The van der Waals surface area contributed by atoms with Crippen LogP contribution in [0, 0.1) is 6.92 Å². The minimum atomic E-state index is -0.224. The Balaban J connectivity index is 2.02. The first kappa shape index (κ1) is 13.1. The summed E-state index contributed by atoms with van der Waals surface area (Å²) in [6.07, 6.45) is 5.21. The van der Waals surface area contributed by atoms with Gasteiger partial charge in [0.25, 0.3) is 0 Å². The molecule has 1 N–H and O–H groups in total. The first-order chi connectivity index (χ1) is 10.2. The molecule has 0 spiro atoms. The summed E-state index contributed by atoms with van der Waals surface area (Å²) in [7, 11) is 0. The van der Waals surface area contributed by atoms with E-state index in [1.165, 1.54) is 6.08 Å². The highest BCUT2D eigenvalue weighted by Gasteiger charge is 2.07. The average molecular weight is 277 g/mol. The van der Waals surface area contributed by atoms with Gasteiger partial charge in [-0.2, -0.15) is 0 Å². The Morgan fingerprint density at radius 3 is 2.95 bits per heavy atom. The van der Waals surface area contributed by atoms with Crippen molar-refractivity contribution in [2.75, 3.05) is 5.32 Å². The first-order valence-corrected chi connectivity index (χ1v) is 6.65. The third-order valence-electron chi connectivity index (χ3n) is 3.29. The van der Waals surface area contributed by atoms with Crippen molar-refractivity contribution in [3.05, 3.63) is 67.0 Å². The molecule has 3 rings (SSSR count). The van der Waals surface area contributed by atoms with Gasteiger partial charge < -0.3 is 9.72 Å². The van der Waals surface area contributed by atoms with E-state index in [-0.39, 0.29) is 5.91 Å². The van der Waals surface area contributed by atoms with Crippen LogP contribution in [-0.4, -0.2) is 15.3 Å². The van der Waals surface area contributed by atoms with E-state index in [2.05, 4.69) is 16.9 Å². The van der Waals surface area contributed by atoms with Gasteiger partial charge in [0.1, 0.15) is 5.65 Å². The number of nitrogens with one attached hydrogen (secondary N) is 1. The van der Waals surface area contributed by atoms with Crippen LogP contribution in [0.5, 0.6) is 0 Å². The van der Waals surface area contributed by atoms with Gasteiger partial charge in [-0.25, -0.2) is 4.98 Å². The predicted molar refractivity (Wildman–Crippen MR) is 84.2 cm³/mol. The standard InChI is InChI=1S/C17H15N3O/c1-3-16(21)18-14-8-4-7-13(10-14)15-11-20-9-5-6-12(2)17(20)19-15/h3-11H,1H2,2H3,(H,18,21). The highest BCUT2D eigenvalue weighted by Crippen LogP contribution is 2.23. The van der Waals surface area contributed by atoms with E-state index in [0.29, 0.717) is 0 Å². The van der Waals surface area contributed by atoms with Crippen molar-refractivity contribution in [2.24, 2.45) is 0 Å². The Hall–Kier alpha value is -2.88. The van der Waals surface area contributed by atoms with Crippen LogP contribution in [0.2, 0.25) is 0 Å². The van der Waals surface area contributed by atoms with Crippen molar-refractivity contribution in [1.29, 1.82) is 0 Å². The van der Waals surface area contributed by atoms with E-state index < -0.39 is 0 Å². The molecule has 2 aromatic heterocycles. The number of aromatic nitrogens is 2. The van der Waals surface area contributed by atoms with E-state index in [1.54, 1.807) is 0 Å². The molecular weight excluding hydrogens is 262 g/mol. The van der Waals surface area contributed by atoms with Crippen LogP contribution in [-0.2, 0) is 4.79 Å². The molecule has 2 heterocycles. The summed E-state index contributed by atoms with van der Waals surface area (Å²) in [5.74, 6) is -0.224. The molecule has 21 heavy (non-hydrogen) atoms. The zero-order valence-electron chi connectivity index (χ0n) is 11.7. The summed E-state index contributed by atoms with van der Waals surface area (Å²) in [5.41, 5.74) is 4.62. The van der Waals surface area contributed by atoms with Crippen LogP contribution < -0.4 is 5.32 Å². The SMILES string of the molecule is C=CC(=O)Nc1cccc(-c2cn3cccc(C)c3n2)c1. The molecule has 0 aliphatic rings. The van der Waals surface area contributed by atoms with Gasteiger partial charge in [0.2, 0.25) is 5.91 Å². The number of anilines is 1. The summed E-state index contributed by atoms with van der Waals surface area (Å²) in [4.78, 5) is 16.0. The topological polar surface area (TPSA) is 46.4 Å². The van der Waals surface area contributed by atoms with Gasteiger partial charge in [-0.05, 0) is 36.8 Å². The zero-order chi connectivity index (χ0) is 14.8. The lowest BCUT2D eigenvalue weighted by Crippen LogP contribution is -2.06. The number of nitrogens with zero attached hydrogens (tertiary/aromatic N) is 2. The van der Waals surface area contributed by atoms with Crippen LogP contribution >= 0.6 is 0 Å². The number of imidazole rings is 1. The van der Waals surface area contributed by atoms with Gasteiger partial charge in [0.05, 0.1) is 5.69 Å². The quantitative estimate of drug-likeness (QED) is 0.745. The van der Waals surface area contributed by atoms with Gasteiger partial charge in [-0.15, -0.1) is 0 Å². The molecule has 104 valence electrons. The minimum Gasteiger partial charge on any atom is -0.323 e. The molecule has 0 atom stereocenters. The number of fused-ring (bicyclic) bond motifs is 1. The van der Waals surface area contributed by atoms with Gasteiger partial charge in [-0.3, -0.25) is 4.79 Å². The summed E-state index contributed by atoms with van der Waals surface area (Å²) in [6, 6.07) is 11.6. The summed E-state index contributed by atoms with van der Waals surface area (Å²) in [6.45, 7) is 5.48. The highest BCUT2D eigenvalue weighted by atomic mass is 16.1. The summed E-state index contributed by atoms with van der Waals surface area (Å²) >= 11 is 0. The van der Waals surface area contributed by atoms with Gasteiger partial charge in [0, 0.05) is 23.6 Å². The van der Waals surface area contributed by atoms with E-state index in [1.807, 2.05) is 60.1 Å². The molecular formula is C17H15N3O. The molecule has 4 heteroatoms. The second kappa shape index (κ2) is 5.25. The number of carbonyl (C=O) groups excluding carboxylic acids is 1. The highest BCUT2D eigenvalue weighted by molar-refractivity contribution is 5.99. The van der Waals surface area contributed by atoms with E-state index in [4.69, 9.17) is 0 Å². The van der Waals surface area contributed by atoms with Gasteiger partial charge in [-0.1, -0.05) is 24.8 Å². The molecule has 0 unspecified atom stereocenters. The fraction of sp³-hybridized carbons (Fsp3) is 0.0588. The fourth-order valence-corrected chi connectivity index (χ4v) is 2.24. The molecule has 1 amide bonds. The molecule has 0 fully saturated rings. The number of hydrogen-bond acceptors (Lipinski definition) is 2. The number of pyridine rings is 1. The maximum atomic E-state index is 11.4. The number of aryl methyl sites for hydroxylation is 1. The number of amides is 1. The van der Waals surface area contributed by atoms with Gasteiger partial charge in [0.15, 0.2) is 0 Å². The maximum absolute atomic E-state index is 11.4. The number of rotatable bonds is 3. The lowest BCUT2D eigenvalue weighted by molar-refractivity contribution is -0.111. The lowest BCUT2D eigenvalue weighted by atomic mass is 10.1. The normalized spacial score (nSPS) is 10.5. The van der Waals surface area contributed by atoms with Crippen molar-refractivity contribution in [3.8, 4) is 11.3 Å². The third kappa shape index (κ3) is 2.56. The molecule has 3 aromatic rings. The molecule has 0 radical (unpaired) electrons. The van der Waals surface area contributed by atoms with Crippen LogP contribution in [0.3, 0.4) is 0 Å². The zero-order valence-corrected chi connectivity index (χ0v) is 11.7. The molecule has 0 aliphatic heterocycles. The number of carbonyl (C=O) groups is 1. The first-order valence-electron chi connectivity index (χ1n) is 6.65. The van der Waals surface area contributed by atoms with Crippen molar-refractivity contribution in [2.45, 2.75) is 6.92 Å². The van der Waals surface area contributed by atoms with Crippen LogP contribution in [0.25, 0.3) is 16.9 Å². The molecule has 4 nitrogen and oxygen atoms in total. The lowest BCUT2D eigenvalue weighted by Gasteiger charge is -2.03. The summed E-state index contributed by atoms with van der Waals surface area (Å²) < 4.78 is 2.00. The van der Waals surface area contributed by atoms with Crippen molar-refractivity contribution in [3.63, 3.8) is 0 Å². The Morgan fingerprint density at radius 1 is 1.33 bits per heavy atom. The van der Waals surface area contributed by atoms with Crippen molar-refractivity contribution in [1.82, 2.24) is 9.38 Å². The fourth-order valence-electron chi connectivity index (χ4n) is 2.24. The van der Waals surface area contributed by atoms with Crippen LogP contribution in [0.1, 0.15) is 5.56 Å². The minimum absolute atomic E-state index is 0.224. The Morgan fingerprint density at radius 2 is 2.19 bits per heavy atom. The Labute approximate surface area is 122 Å². The molecule has 0 aliphatic carbocycles. The second-order valence-corrected chi connectivity index (χ2v) is 4.82. The number of hydrogen-bond donors (Lipinski definition) is 1. The van der Waals surface area contributed by atoms with E-state index >= 15 is 0 Å². The smallest absolute Gasteiger partial charge is 0.247 e. The Kier molecular flexibility index (Phi) is 3.28.